The van der Waals surface area contributed by atoms with Crippen molar-refractivity contribution in [3.05, 3.63) is 57.9 Å². The van der Waals surface area contributed by atoms with Gasteiger partial charge < -0.3 is 10.2 Å². The summed E-state index contributed by atoms with van der Waals surface area (Å²) in [5.41, 5.74) is 2.08. The number of benzene rings is 1. The molecule has 3 aromatic rings. The highest BCUT2D eigenvalue weighted by Crippen LogP contribution is 2.30. The minimum atomic E-state index is 0.104. The van der Waals surface area contributed by atoms with Crippen molar-refractivity contribution in [2.45, 2.75) is 19.3 Å². The molecule has 2 aromatic heterocycles. The summed E-state index contributed by atoms with van der Waals surface area (Å²) in [4.78, 5) is 20.6. The van der Waals surface area contributed by atoms with Crippen LogP contribution in [0.1, 0.15) is 17.7 Å². The number of anilines is 1. The van der Waals surface area contributed by atoms with Crippen molar-refractivity contribution < 1.29 is 4.79 Å². The lowest BCUT2D eigenvalue weighted by Crippen LogP contribution is -2.41. The number of amides is 1. The minimum absolute atomic E-state index is 0.104. The smallest absolute Gasteiger partial charge is 0.223 e. The van der Waals surface area contributed by atoms with Gasteiger partial charge in [0.25, 0.3) is 0 Å². The van der Waals surface area contributed by atoms with E-state index in [1.807, 2.05) is 30.5 Å². The molecule has 0 unspecified atom stereocenters. The third-order valence-corrected chi connectivity index (χ3v) is 6.31. The van der Waals surface area contributed by atoms with E-state index in [0.717, 1.165) is 49.8 Å². The highest BCUT2D eigenvalue weighted by atomic mass is 35.5. The van der Waals surface area contributed by atoms with Crippen LogP contribution in [0.5, 0.6) is 0 Å². The van der Waals surface area contributed by atoms with E-state index in [9.17, 15) is 4.79 Å². The molecule has 0 spiro atoms. The van der Waals surface area contributed by atoms with Crippen LogP contribution in [0.3, 0.4) is 0 Å². The van der Waals surface area contributed by atoms with Crippen molar-refractivity contribution in [2.75, 3.05) is 24.5 Å². The van der Waals surface area contributed by atoms with Crippen molar-refractivity contribution in [2.24, 2.45) is 5.92 Å². The van der Waals surface area contributed by atoms with Crippen LogP contribution in [0.15, 0.2) is 48.0 Å². The predicted octanol–water partition coefficient (Wildman–Crippen LogP) is 4.53. The second-order valence-corrected chi connectivity index (χ2v) is 8.34. The Kier molecular flexibility index (Phi) is 5.60. The molecule has 3 heterocycles. The number of halogens is 1. The molecule has 1 amide bonds. The lowest BCUT2D eigenvalue weighted by molar-refractivity contribution is -0.125. The topological polar surface area (TPSA) is 45.2 Å². The number of rotatable bonds is 5. The van der Waals surface area contributed by atoms with Gasteiger partial charge >= 0.3 is 0 Å². The van der Waals surface area contributed by atoms with E-state index < -0.39 is 0 Å². The van der Waals surface area contributed by atoms with Crippen LogP contribution in [0.25, 0.3) is 10.9 Å². The normalized spacial score (nSPS) is 15.2. The van der Waals surface area contributed by atoms with Gasteiger partial charge in [0.05, 0.1) is 5.52 Å². The van der Waals surface area contributed by atoms with Crippen LogP contribution in [0.2, 0.25) is 5.02 Å². The first-order chi connectivity index (χ1) is 13.2. The average molecular weight is 400 g/mol. The van der Waals surface area contributed by atoms with Gasteiger partial charge in [-0.2, -0.15) is 0 Å². The first-order valence-corrected chi connectivity index (χ1v) is 10.6. The van der Waals surface area contributed by atoms with Crippen LogP contribution >= 0.6 is 22.9 Å². The molecule has 0 aliphatic carbocycles. The van der Waals surface area contributed by atoms with Gasteiger partial charge in [0.15, 0.2) is 0 Å². The number of fused-ring (bicyclic) bond motifs is 1. The SMILES string of the molecule is O=C(NCCc1cccs1)C1CCN(c2ccnc3cc(Cl)ccc23)CC1. The number of carbonyl (C=O) groups is 1. The molecule has 1 aliphatic rings. The number of aromatic nitrogens is 1. The molecule has 4 nitrogen and oxygen atoms in total. The fraction of sp³-hybridized carbons (Fsp3) is 0.333. The van der Waals surface area contributed by atoms with Crippen molar-refractivity contribution in [1.29, 1.82) is 0 Å². The summed E-state index contributed by atoms with van der Waals surface area (Å²) < 4.78 is 0. The molecule has 1 N–H and O–H groups in total. The number of carbonyl (C=O) groups excluding carboxylic acids is 1. The number of hydrogen-bond acceptors (Lipinski definition) is 4. The number of piperidine rings is 1. The number of hydrogen-bond donors (Lipinski definition) is 1. The maximum Gasteiger partial charge on any atom is 0.223 e. The van der Waals surface area contributed by atoms with E-state index in [2.05, 4.69) is 32.7 Å². The Labute approximate surface area is 168 Å². The highest BCUT2D eigenvalue weighted by Gasteiger charge is 2.25. The molecule has 1 aromatic carbocycles. The average Bonchev–Trinajstić information content (AvgIpc) is 3.21. The molecule has 1 saturated heterocycles. The predicted molar refractivity (Wildman–Crippen MR) is 113 cm³/mol. The molecule has 0 bridgehead atoms. The number of nitrogens with one attached hydrogen (secondary N) is 1. The third kappa shape index (κ3) is 4.25. The van der Waals surface area contributed by atoms with Crippen LogP contribution in [-0.2, 0) is 11.2 Å². The summed E-state index contributed by atoms with van der Waals surface area (Å²) in [5.74, 6) is 0.296. The van der Waals surface area contributed by atoms with Crippen LogP contribution in [0, 0.1) is 5.92 Å². The van der Waals surface area contributed by atoms with Gasteiger partial charge in [-0.3, -0.25) is 9.78 Å². The first-order valence-electron chi connectivity index (χ1n) is 9.30. The minimum Gasteiger partial charge on any atom is -0.371 e. The van der Waals surface area contributed by atoms with Crippen molar-refractivity contribution in [1.82, 2.24) is 10.3 Å². The standard InChI is InChI=1S/C21H22ClN3OS/c22-16-3-4-18-19(14-16)23-10-6-20(18)25-11-7-15(8-12-25)21(26)24-9-5-17-2-1-13-27-17/h1-4,6,10,13-15H,5,7-9,11-12H2,(H,24,26). The lowest BCUT2D eigenvalue weighted by Gasteiger charge is -2.33. The molecule has 4 rings (SSSR count). The Balaban J connectivity index is 1.34. The summed E-state index contributed by atoms with van der Waals surface area (Å²) in [7, 11) is 0. The first kappa shape index (κ1) is 18.3. The van der Waals surface area contributed by atoms with Gasteiger partial charge in [-0.25, -0.2) is 0 Å². The summed E-state index contributed by atoms with van der Waals surface area (Å²) in [6, 6.07) is 12.0. The van der Waals surface area contributed by atoms with Gasteiger partial charge in [0, 0.05) is 52.7 Å². The zero-order valence-electron chi connectivity index (χ0n) is 15.0. The molecule has 6 heteroatoms. The van der Waals surface area contributed by atoms with Crippen molar-refractivity contribution in [3.8, 4) is 0 Å². The molecule has 1 fully saturated rings. The van der Waals surface area contributed by atoms with Crippen molar-refractivity contribution >= 4 is 45.4 Å². The molecule has 0 saturated carbocycles. The molecule has 1 aliphatic heterocycles. The van der Waals surface area contributed by atoms with Crippen molar-refractivity contribution in [3.63, 3.8) is 0 Å². The second kappa shape index (κ2) is 8.28. The summed E-state index contributed by atoms with van der Waals surface area (Å²) in [6.07, 6.45) is 4.50. The zero-order valence-corrected chi connectivity index (χ0v) is 16.6. The quantitative estimate of drug-likeness (QED) is 0.685. The molecular weight excluding hydrogens is 378 g/mol. The van der Waals surface area contributed by atoms with E-state index in [-0.39, 0.29) is 11.8 Å². The number of nitrogens with zero attached hydrogens (tertiary/aromatic N) is 2. The van der Waals surface area contributed by atoms with Crippen LogP contribution in [0.4, 0.5) is 5.69 Å². The van der Waals surface area contributed by atoms with E-state index >= 15 is 0 Å². The summed E-state index contributed by atoms with van der Waals surface area (Å²) in [5, 5.41) is 6.99. The van der Waals surface area contributed by atoms with Gasteiger partial charge in [0.1, 0.15) is 0 Å². The number of pyridine rings is 1. The third-order valence-electron chi connectivity index (χ3n) is 5.14. The molecular formula is C21H22ClN3OS. The largest absolute Gasteiger partial charge is 0.371 e. The molecule has 140 valence electrons. The van der Waals surface area contributed by atoms with E-state index in [4.69, 9.17) is 11.6 Å². The summed E-state index contributed by atoms with van der Waals surface area (Å²) in [6.45, 7) is 2.48. The van der Waals surface area contributed by atoms with Gasteiger partial charge in [-0.1, -0.05) is 17.7 Å². The Morgan fingerprint density at radius 3 is 2.89 bits per heavy atom. The van der Waals surface area contributed by atoms with Gasteiger partial charge in [0.2, 0.25) is 5.91 Å². The fourth-order valence-corrected chi connectivity index (χ4v) is 4.55. The zero-order chi connectivity index (χ0) is 18.6. The molecule has 0 radical (unpaired) electrons. The van der Waals surface area contributed by atoms with Crippen LogP contribution in [-0.4, -0.2) is 30.5 Å². The molecule has 0 atom stereocenters. The highest BCUT2D eigenvalue weighted by molar-refractivity contribution is 7.09. The fourth-order valence-electron chi connectivity index (χ4n) is 3.67. The monoisotopic (exact) mass is 399 g/mol. The maximum absolute atomic E-state index is 12.5. The second-order valence-electron chi connectivity index (χ2n) is 6.87. The Hall–Kier alpha value is -2.11. The van der Waals surface area contributed by atoms with Gasteiger partial charge in [-0.05, 0) is 55.0 Å². The Bertz CT molecular complexity index is 920. The van der Waals surface area contributed by atoms with Crippen LogP contribution < -0.4 is 10.2 Å². The maximum atomic E-state index is 12.5. The van der Waals surface area contributed by atoms with E-state index in [1.54, 1.807) is 11.3 Å². The summed E-state index contributed by atoms with van der Waals surface area (Å²) >= 11 is 7.83. The lowest BCUT2D eigenvalue weighted by atomic mass is 9.95. The number of thiophene rings is 1. The van der Waals surface area contributed by atoms with E-state index in [0.29, 0.717) is 5.02 Å². The van der Waals surface area contributed by atoms with Gasteiger partial charge in [-0.15, -0.1) is 11.3 Å². The Morgan fingerprint density at radius 2 is 2.11 bits per heavy atom. The molecule has 27 heavy (non-hydrogen) atoms. The van der Waals surface area contributed by atoms with E-state index in [1.165, 1.54) is 10.6 Å². The Morgan fingerprint density at radius 1 is 1.26 bits per heavy atom.